The zero-order valence-electron chi connectivity index (χ0n) is 13.3. The van der Waals surface area contributed by atoms with Gasteiger partial charge in [0, 0.05) is 36.7 Å². The maximum atomic E-state index is 12.3. The third-order valence-electron chi connectivity index (χ3n) is 4.28. The predicted molar refractivity (Wildman–Crippen MR) is 90.9 cm³/mol. The van der Waals surface area contributed by atoms with Gasteiger partial charge in [0.1, 0.15) is 0 Å². The zero-order valence-corrected chi connectivity index (χ0v) is 14.2. The van der Waals surface area contributed by atoms with Gasteiger partial charge >= 0.3 is 0 Å². The van der Waals surface area contributed by atoms with E-state index in [0.29, 0.717) is 5.69 Å². The summed E-state index contributed by atoms with van der Waals surface area (Å²) in [4.78, 5) is 14.4. The molecule has 7 nitrogen and oxygen atoms in total. The van der Waals surface area contributed by atoms with Crippen LogP contribution in [0, 0.1) is 0 Å². The summed E-state index contributed by atoms with van der Waals surface area (Å²) in [5.74, 6) is -0.134. The quantitative estimate of drug-likeness (QED) is 0.866. The smallest absolute Gasteiger partial charge is 0.238 e. The number of sulfonamides is 1. The first-order valence-electron chi connectivity index (χ1n) is 7.66. The monoisotopic (exact) mass is 348 g/mol. The third-order valence-corrected chi connectivity index (χ3v) is 5.21. The normalized spacial score (nSPS) is 18.2. The number of carbonyl (C=O) groups is 1. The van der Waals surface area contributed by atoms with E-state index in [4.69, 9.17) is 5.14 Å². The summed E-state index contributed by atoms with van der Waals surface area (Å²) in [6.45, 7) is 4.03. The first-order valence-corrected chi connectivity index (χ1v) is 9.21. The van der Waals surface area contributed by atoms with Crippen molar-refractivity contribution in [3.63, 3.8) is 0 Å². The molecule has 0 radical (unpaired) electrons. The van der Waals surface area contributed by atoms with Crippen molar-refractivity contribution in [2.45, 2.75) is 24.4 Å². The molecule has 2 aromatic rings. The first-order chi connectivity index (χ1) is 11.3. The fourth-order valence-corrected chi connectivity index (χ4v) is 3.47. The summed E-state index contributed by atoms with van der Waals surface area (Å²) >= 11 is 0. The van der Waals surface area contributed by atoms with E-state index in [1.54, 1.807) is 0 Å². The minimum absolute atomic E-state index is 0.0194. The van der Waals surface area contributed by atoms with Crippen LogP contribution in [0.15, 0.2) is 47.5 Å². The van der Waals surface area contributed by atoms with Gasteiger partial charge in [-0.3, -0.25) is 9.69 Å². The predicted octanol–water partition coefficient (Wildman–Crippen LogP) is 1.15. The van der Waals surface area contributed by atoms with Crippen LogP contribution < -0.4 is 10.5 Å². The SMILES string of the molecule is C[C@@H]1c2cccn2CCN1CC(=O)Nc1ccc(S(N)(=O)=O)cc1. The van der Waals surface area contributed by atoms with Crippen molar-refractivity contribution in [1.29, 1.82) is 0 Å². The molecule has 24 heavy (non-hydrogen) atoms. The summed E-state index contributed by atoms with van der Waals surface area (Å²) in [7, 11) is -3.72. The number of nitrogens with zero attached hydrogens (tertiary/aromatic N) is 2. The van der Waals surface area contributed by atoms with Gasteiger partial charge in [-0.2, -0.15) is 0 Å². The standard InChI is InChI=1S/C16H20N4O3S/c1-12-15-3-2-8-19(15)9-10-20(12)11-16(21)18-13-4-6-14(7-5-13)24(17,22)23/h2-8,12H,9-11H2,1H3,(H,18,21)(H2,17,22,23)/t12-/m1/s1. The second-order valence-corrected chi connectivity index (χ2v) is 7.45. The number of hydrogen-bond acceptors (Lipinski definition) is 4. The summed E-state index contributed by atoms with van der Waals surface area (Å²) in [5.41, 5.74) is 1.74. The Balaban J connectivity index is 1.62. The lowest BCUT2D eigenvalue weighted by Gasteiger charge is -2.34. The Hall–Kier alpha value is -2.16. The zero-order chi connectivity index (χ0) is 17.3. The van der Waals surface area contributed by atoms with Gasteiger partial charge in [-0.25, -0.2) is 13.6 Å². The number of carbonyl (C=O) groups excluding carboxylic acids is 1. The molecule has 0 unspecified atom stereocenters. The molecule has 128 valence electrons. The van der Waals surface area contributed by atoms with Gasteiger partial charge in [0.2, 0.25) is 15.9 Å². The topological polar surface area (TPSA) is 97.4 Å². The average Bonchev–Trinajstić information content (AvgIpc) is 2.99. The highest BCUT2D eigenvalue weighted by Gasteiger charge is 2.25. The lowest BCUT2D eigenvalue weighted by atomic mass is 10.1. The van der Waals surface area contributed by atoms with Crippen LogP contribution in [0.4, 0.5) is 5.69 Å². The minimum atomic E-state index is -3.72. The minimum Gasteiger partial charge on any atom is -0.349 e. The molecule has 1 aliphatic rings. The maximum absolute atomic E-state index is 12.3. The second kappa shape index (κ2) is 6.39. The molecule has 1 aromatic carbocycles. The van der Waals surface area contributed by atoms with Gasteiger partial charge in [0.05, 0.1) is 11.4 Å². The second-order valence-electron chi connectivity index (χ2n) is 5.89. The number of aromatic nitrogens is 1. The van der Waals surface area contributed by atoms with Crippen molar-refractivity contribution >= 4 is 21.6 Å². The summed E-state index contributed by atoms with van der Waals surface area (Å²) in [6, 6.07) is 10.1. The summed E-state index contributed by atoms with van der Waals surface area (Å²) < 4.78 is 24.7. The molecule has 2 heterocycles. The fraction of sp³-hybridized carbons (Fsp3) is 0.312. The molecule has 3 rings (SSSR count). The lowest BCUT2D eigenvalue weighted by Crippen LogP contribution is -2.41. The summed E-state index contributed by atoms with van der Waals surface area (Å²) in [5, 5.41) is 7.84. The molecule has 0 aliphatic carbocycles. The van der Waals surface area contributed by atoms with Gasteiger partial charge in [0.15, 0.2) is 0 Å². The number of hydrogen-bond donors (Lipinski definition) is 2. The molecule has 0 saturated carbocycles. The van der Waals surface area contributed by atoms with Gasteiger partial charge in [0.25, 0.3) is 0 Å². The molecule has 3 N–H and O–H groups in total. The van der Waals surface area contributed by atoms with Crippen molar-refractivity contribution < 1.29 is 13.2 Å². The van der Waals surface area contributed by atoms with Crippen LogP contribution in [0.3, 0.4) is 0 Å². The summed E-state index contributed by atoms with van der Waals surface area (Å²) in [6.07, 6.45) is 2.05. The number of rotatable bonds is 4. The van der Waals surface area contributed by atoms with Gasteiger partial charge < -0.3 is 9.88 Å². The van der Waals surface area contributed by atoms with E-state index in [2.05, 4.69) is 34.0 Å². The van der Waals surface area contributed by atoms with Crippen molar-refractivity contribution in [2.24, 2.45) is 5.14 Å². The number of nitrogens with one attached hydrogen (secondary N) is 1. The van der Waals surface area contributed by atoms with Crippen LogP contribution in [0.2, 0.25) is 0 Å². The molecule has 0 saturated heterocycles. The van der Waals surface area contributed by atoms with Crippen LogP contribution >= 0.6 is 0 Å². The molecule has 0 spiro atoms. The molecule has 1 amide bonds. The van der Waals surface area contributed by atoms with E-state index < -0.39 is 10.0 Å². The molecule has 0 bridgehead atoms. The Morgan fingerprint density at radius 2 is 1.96 bits per heavy atom. The largest absolute Gasteiger partial charge is 0.349 e. The maximum Gasteiger partial charge on any atom is 0.238 e. The number of benzene rings is 1. The highest BCUT2D eigenvalue weighted by atomic mass is 32.2. The number of nitrogens with two attached hydrogens (primary N) is 1. The molecular weight excluding hydrogens is 328 g/mol. The molecule has 1 aliphatic heterocycles. The highest BCUT2D eigenvalue weighted by molar-refractivity contribution is 7.89. The van der Waals surface area contributed by atoms with Crippen LogP contribution in [0.25, 0.3) is 0 Å². The Labute approximate surface area is 141 Å². The third kappa shape index (κ3) is 3.50. The van der Waals surface area contributed by atoms with Crippen molar-refractivity contribution in [3.05, 3.63) is 48.3 Å². The van der Waals surface area contributed by atoms with Crippen LogP contribution in [0.5, 0.6) is 0 Å². The Bertz CT molecular complexity index is 842. The molecule has 8 heteroatoms. The van der Waals surface area contributed by atoms with E-state index in [9.17, 15) is 13.2 Å². The van der Waals surface area contributed by atoms with Crippen molar-refractivity contribution in [2.75, 3.05) is 18.4 Å². The van der Waals surface area contributed by atoms with Crippen LogP contribution in [-0.4, -0.2) is 36.9 Å². The Kier molecular flexibility index (Phi) is 4.44. The van der Waals surface area contributed by atoms with E-state index in [0.717, 1.165) is 13.1 Å². The number of amides is 1. The lowest BCUT2D eigenvalue weighted by molar-refractivity contribution is -0.118. The van der Waals surface area contributed by atoms with Crippen LogP contribution in [0.1, 0.15) is 18.7 Å². The Morgan fingerprint density at radius 3 is 2.62 bits per heavy atom. The first kappa shape index (κ1) is 16.7. The van der Waals surface area contributed by atoms with E-state index in [1.165, 1.54) is 30.0 Å². The van der Waals surface area contributed by atoms with Crippen molar-refractivity contribution in [1.82, 2.24) is 9.47 Å². The molecular formula is C16H20N4O3S. The molecule has 1 aromatic heterocycles. The number of primary sulfonamides is 1. The van der Waals surface area contributed by atoms with Gasteiger partial charge in [-0.15, -0.1) is 0 Å². The van der Waals surface area contributed by atoms with Gasteiger partial charge in [-0.1, -0.05) is 0 Å². The average molecular weight is 348 g/mol. The van der Waals surface area contributed by atoms with Gasteiger partial charge in [-0.05, 0) is 43.3 Å². The van der Waals surface area contributed by atoms with E-state index in [1.807, 2.05) is 6.07 Å². The fourth-order valence-electron chi connectivity index (χ4n) is 2.96. The van der Waals surface area contributed by atoms with Crippen LogP contribution in [-0.2, 0) is 21.4 Å². The van der Waals surface area contributed by atoms with E-state index >= 15 is 0 Å². The molecule has 0 fully saturated rings. The van der Waals surface area contributed by atoms with E-state index in [-0.39, 0.29) is 23.4 Å². The number of fused-ring (bicyclic) bond motifs is 1. The Morgan fingerprint density at radius 1 is 1.25 bits per heavy atom. The number of anilines is 1. The molecule has 1 atom stereocenters. The highest BCUT2D eigenvalue weighted by Crippen LogP contribution is 2.25. The van der Waals surface area contributed by atoms with Crippen molar-refractivity contribution in [3.8, 4) is 0 Å².